The van der Waals surface area contributed by atoms with Crippen LogP contribution in [0.3, 0.4) is 0 Å². The second-order valence-corrected chi connectivity index (χ2v) is 7.18. The molecular formula is C15H22N4O2S. The lowest BCUT2D eigenvalue weighted by Crippen LogP contribution is -2.51. The summed E-state index contributed by atoms with van der Waals surface area (Å²) in [5.74, 6) is 0.196. The molecule has 2 aliphatic rings. The van der Waals surface area contributed by atoms with Gasteiger partial charge in [-0.2, -0.15) is 0 Å². The summed E-state index contributed by atoms with van der Waals surface area (Å²) in [6, 6.07) is 0. The van der Waals surface area contributed by atoms with Crippen LogP contribution in [0.5, 0.6) is 0 Å². The molecule has 1 aromatic rings. The predicted molar refractivity (Wildman–Crippen MR) is 86.1 cm³/mol. The summed E-state index contributed by atoms with van der Waals surface area (Å²) in [4.78, 5) is 33.6. The molecule has 3 rings (SSSR count). The van der Waals surface area contributed by atoms with Crippen molar-refractivity contribution in [1.82, 2.24) is 15.2 Å². The van der Waals surface area contributed by atoms with Crippen LogP contribution in [0.1, 0.15) is 23.4 Å². The number of thiazole rings is 1. The molecule has 2 fully saturated rings. The first-order valence-electron chi connectivity index (χ1n) is 7.79. The first kappa shape index (κ1) is 15.3. The molecule has 7 heteroatoms. The van der Waals surface area contributed by atoms with Crippen molar-refractivity contribution in [2.75, 3.05) is 37.6 Å². The van der Waals surface area contributed by atoms with E-state index >= 15 is 0 Å². The van der Waals surface area contributed by atoms with Crippen LogP contribution < -0.4 is 10.2 Å². The monoisotopic (exact) mass is 322 g/mol. The highest BCUT2D eigenvalue weighted by Crippen LogP contribution is 2.28. The average Bonchev–Trinajstić information content (AvgIpc) is 3.31. The molecule has 0 atom stereocenters. The Labute approximate surface area is 134 Å². The Morgan fingerprint density at radius 3 is 2.45 bits per heavy atom. The van der Waals surface area contributed by atoms with Crippen molar-refractivity contribution in [3.05, 3.63) is 10.6 Å². The lowest BCUT2D eigenvalue weighted by Gasteiger charge is -2.34. The van der Waals surface area contributed by atoms with Crippen molar-refractivity contribution in [2.24, 2.45) is 5.92 Å². The molecule has 1 saturated carbocycles. The molecule has 1 saturated heterocycles. The molecular weight excluding hydrogens is 300 g/mol. The number of carbonyl (C=O) groups is 2. The minimum absolute atomic E-state index is 0.0140. The van der Waals surface area contributed by atoms with E-state index in [4.69, 9.17) is 0 Å². The standard InChI is InChI=1S/C15H22N4O2S/c1-10-11(2)22-15(17-10)19-7-5-18(6-8-19)13(20)9-16-14(21)12-3-4-12/h12H,3-9H2,1-2H3,(H,16,21). The Hall–Kier alpha value is -1.63. The maximum Gasteiger partial charge on any atom is 0.242 e. The fraction of sp³-hybridized carbons (Fsp3) is 0.667. The summed E-state index contributed by atoms with van der Waals surface area (Å²) >= 11 is 1.71. The zero-order valence-electron chi connectivity index (χ0n) is 13.1. The van der Waals surface area contributed by atoms with Crippen LogP contribution in [0, 0.1) is 19.8 Å². The van der Waals surface area contributed by atoms with E-state index in [2.05, 4.69) is 22.1 Å². The Morgan fingerprint density at radius 2 is 1.91 bits per heavy atom. The Bertz CT molecular complexity index is 555. The first-order valence-corrected chi connectivity index (χ1v) is 8.60. The fourth-order valence-corrected chi connectivity index (χ4v) is 3.46. The third-order valence-corrected chi connectivity index (χ3v) is 5.42. The average molecular weight is 322 g/mol. The minimum atomic E-state index is 0.0140. The fourth-order valence-electron chi connectivity index (χ4n) is 2.50. The van der Waals surface area contributed by atoms with Gasteiger partial charge in [-0.15, -0.1) is 11.3 Å². The summed E-state index contributed by atoms with van der Waals surface area (Å²) in [5, 5.41) is 3.79. The third kappa shape index (κ3) is 3.40. The zero-order valence-corrected chi connectivity index (χ0v) is 13.9. The van der Waals surface area contributed by atoms with E-state index in [0.717, 1.165) is 36.8 Å². The van der Waals surface area contributed by atoms with Gasteiger partial charge in [0.2, 0.25) is 11.8 Å². The maximum atomic E-state index is 12.1. The van der Waals surface area contributed by atoms with E-state index in [1.165, 1.54) is 4.88 Å². The number of nitrogens with one attached hydrogen (secondary N) is 1. The Kier molecular flexibility index (Phi) is 4.33. The summed E-state index contributed by atoms with van der Waals surface area (Å²) in [5.41, 5.74) is 1.08. The van der Waals surface area contributed by atoms with E-state index in [1.807, 2.05) is 11.8 Å². The van der Waals surface area contributed by atoms with Gasteiger partial charge in [0.05, 0.1) is 12.2 Å². The Balaban J connectivity index is 1.46. The predicted octanol–water partition coefficient (Wildman–Crippen LogP) is 0.935. The highest BCUT2D eigenvalue weighted by atomic mass is 32.1. The van der Waals surface area contributed by atoms with Crippen molar-refractivity contribution >= 4 is 28.3 Å². The number of hydrogen-bond donors (Lipinski definition) is 1. The molecule has 1 aliphatic carbocycles. The summed E-state index contributed by atoms with van der Waals surface area (Å²) in [6.45, 7) is 7.22. The van der Waals surface area contributed by atoms with Crippen molar-refractivity contribution < 1.29 is 9.59 Å². The summed E-state index contributed by atoms with van der Waals surface area (Å²) in [6.07, 6.45) is 1.93. The van der Waals surface area contributed by atoms with Crippen LogP contribution in [0.15, 0.2) is 0 Å². The van der Waals surface area contributed by atoms with Crippen molar-refractivity contribution in [3.8, 4) is 0 Å². The van der Waals surface area contributed by atoms with Gasteiger partial charge >= 0.3 is 0 Å². The second-order valence-electron chi connectivity index (χ2n) is 6.00. The molecule has 0 spiro atoms. The lowest BCUT2D eigenvalue weighted by atomic mass is 10.3. The number of amides is 2. The molecule has 1 N–H and O–H groups in total. The van der Waals surface area contributed by atoms with Crippen LogP contribution in [0.2, 0.25) is 0 Å². The number of anilines is 1. The topological polar surface area (TPSA) is 65.5 Å². The lowest BCUT2D eigenvalue weighted by molar-refractivity contribution is -0.133. The highest BCUT2D eigenvalue weighted by Gasteiger charge is 2.30. The zero-order chi connectivity index (χ0) is 15.7. The second kappa shape index (κ2) is 6.24. The van der Waals surface area contributed by atoms with Crippen LogP contribution >= 0.6 is 11.3 Å². The van der Waals surface area contributed by atoms with Crippen molar-refractivity contribution in [1.29, 1.82) is 0 Å². The van der Waals surface area contributed by atoms with Gasteiger partial charge in [0, 0.05) is 37.0 Å². The minimum Gasteiger partial charge on any atom is -0.347 e. The van der Waals surface area contributed by atoms with Gasteiger partial charge in [-0.05, 0) is 26.7 Å². The third-order valence-electron chi connectivity index (χ3n) is 4.28. The molecule has 1 aliphatic heterocycles. The summed E-state index contributed by atoms with van der Waals surface area (Å²) in [7, 11) is 0. The van der Waals surface area contributed by atoms with Gasteiger partial charge in [0.15, 0.2) is 5.13 Å². The molecule has 6 nitrogen and oxygen atoms in total. The van der Waals surface area contributed by atoms with E-state index in [0.29, 0.717) is 13.1 Å². The van der Waals surface area contributed by atoms with E-state index < -0.39 is 0 Å². The number of hydrogen-bond acceptors (Lipinski definition) is 5. The van der Waals surface area contributed by atoms with Gasteiger partial charge in [0.1, 0.15) is 0 Å². The molecule has 0 bridgehead atoms. The number of piperazine rings is 1. The molecule has 0 unspecified atom stereocenters. The van der Waals surface area contributed by atoms with Crippen LogP contribution in [0.4, 0.5) is 5.13 Å². The van der Waals surface area contributed by atoms with Gasteiger partial charge in [0.25, 0.3) is 0 Å². The van der Waals surface area contributed by atoms with Crippen LogP contribution in [0.25, 0.3) is 0 Å². The van der Waals surface area contributed by atoms with E-state index in [9.17, 15) is 9.59 Å². The smallest absolute Gasteiger partial charge is 0.242 e. The number of carbonyl (C=O) groups excluding carboxylic acids is 2. The van der Waals surface area contributed by atoms with Crippen LogP contribution in [-0.2, 0) is 9.59 Å². The maximum absolute atomic E-state index is 12.1. The van der Waals surface area contributed by atoms with Crippen molar-refractivity contribution in [2.45, 2.75) is 26.7 Å². The van der Waals surface area contributed by atoms with Gasteiger partial charge in [-0.25, -0.2) is 4.98 Å². The largest absolute Gasteiger partial charge is 0.347 e. The molecule has 22 heavy (non-hydrogen) atoms. The SMILES string of the molecule is Cc1nc(N2CCN(C(=O)CNC(=O)C3CC3)CC2)sc1C. The van der Waals surface area contributed by atoms with Crippen LogP contribution in [-0.4, -0.2) is 54.4 Å². The molecule has 1 aromatic heterocycles. The van der Waals surface area contributed by atoms with Gasteiger partial charge in [-0.3, -0.25) is 9.59 Å². The van der Waals surface area contributed by atoms with Gasteiger partial charge < -0.3 is 15.1 Å². The first-order chi connectivity index (χ1) is 10.5. The quantitative estimate of drug-likeness (QED) is 0.896. The highest BCUT2D eigenvalue weighted by molar-refractivity contribution is 7.15. The van der Waals surface area contributed by atoms with E-state index in [-0.39, 0.29) is 24.3 Å². The number of rotatable bonds is 4. The molecule has 2 amide bonds. The van der Waals surface area contributed by atoms with E-state index in [1.54, 1.807) is 11.3 Å². The molecule has 120 valence electrons. The number of aromatic nitrogens is 1. The Morgan fingerprint density at radius 1 is 1.23 bits per heavy atom. The van der Waals surface area contributed by atoms with Crippen molar-refractivity contribution in [3.63, 3.8) is 0 Å². The van der Waals surface area contributed by atoms with Gasteiger partial charge in [-0.1, -0.05) is 0 Å². The molecule has 2 heterocycles. The number of aryl methyl sites for hydroxylation is 2. The summed E-state index contributed by atoms with van der Waals surface area (Å²) < 4.78 is 0. The number of nitrogens with zero attached hydrogens (tertiary/aromatic N) is 3. The molecule has 0 aromatic carbocycles. The molecule has 0 radical (unpaired) electrons. The normalized spacial score (nSPS) is 18.5.